The van der Waals surface area contributed by atoms with Crippen molar-refractivity contribution in [3.05, 3.63) is 42.4 Å². The molecule has 1 heterocycles. The highest BCUT2D eigenvalue weighted by molar-refractivity contribution is 5.62. The van der Waals surface area contributed by atoms with Gasteiger partial charge in [-0.2, -0.15) is 0 Å². The van der Waals surface area contributed by atoms with Gasteiger partial charge in [0, 0.05) is 5.56 Å². The molecule has 17 heavy (non-hydrogen) atoms. The van der Waals surface area contributed by atoms with Crippen molar-refractivity contribution in [2.45, 2.75) is 33.1 Å². The maximum absolute atomic E-state index is 4.10. The maximum Gasteiger partial charge on any atom is 0.0924 e. The Labute approximate surface area is 103 Å². The van der Waals surface area contributed by atoms with Crippen LogP contribution in [0.1, 0.15) is 32.3 Å². The molecule has 0 aliphatic heterocycles. The van der Waals surface area contributed by atoms with E-state index in [1.807, 2.05) is 6.20 Å². The number of benzene rings is 1. The van der Waals surface area contributed by atoms with Crippen LogP contribution in [0.4, 0.5) is 0 Å². The molecule has 2 heteroatoms. The van der Waals surface area contributed by atoms with Crippen LogP contribution in [0.3, 0.4) is 0 Å². The number of nitrogens with zero attached hydrogens (tertiary/aromatic N) is 1. The Morgan fingerprint density at radius 2 is 2.12 bits per heavy atom. The first-order chi connectivity index (χ1) is 8.31. The van der Waals surface area contributed by atoms with Gasteiger partial charge in [-0.25, -0.2) is 4.98 Å². The largest absolute Gasteiger partial charge is 0.345 e. The predicted octanol–water partition coefficient (Wildman–Crippen LogP) is 4.06. The molecule has 2 aromatic rings. The number of rotatable bonds is 5. The van der Waals surface area contributed by atoms with E-state index >= 15 is 0 Å². The van der Waals surface area contributed by atoms with Crippen molar-refractivity contribution < 1.29 is 0 Å². The second-order valence-electron chi connectivity index (χ2n) is 4.67. The summed E-state index contributed by atoms with van der Waals surface area (Å²) < 4.78 is 0. The van der Waals surface area contributed by atoms with Gasteiger partial charge in [0.05, 0.1) is 18.2 Å². The molecule has 0 bridgehead atoms. The number of hydrogen-bond donors (Lipinski definition) is 1. The Morgan fingerprint density at radius 1 is 1.29 bits per heavy atom. The minimum atomic E-state index is 0.796. The Kier molecular flexibility index (Phi) is 3.97. The Hall–Kier alpha value is -1.57. The van der Waals surface area contributed by atoms with Crippen LogP contribution >= 0.6 is 0 Å². The zero-order chi connectivity index (χ0) is 12.1. The van der Waals surface area contributed by atoms with Gasteiger partial charge in [0.2, 0.25) is 0 Å². The second-order valence-corrected chi connectivity index (χ2v) is 4.67. The molecular weight excluding hydrogens is 208 g/mol. The lowest BCUT2D eigenvalue weighted by Crippen LogP contribution is -1.97. The lowest BCUT2D eigenvalue weighted by Gasteiger charge is -2.11. The van der Waals surface area contributed by atoms with Crippen LogP contribution in [0.15, 0.2) is 36.8 Å². The normalized spacial score (nSPS) is 12.6. The van der Waals surface area contributed by atoms with Gasteiger partial charge in [-0.05, 0) is 24.3 Å². The molecule has 0 saturated heterocycles. The lowest BCUT2D eigenvalue weighted by atomic mass is 9.95. The molecule has 1 N–H and O–H groups in total. The minimum absolute atomic E-state index is 0.796. The maximum atomic E-state index is 4.10. The third-order valence-corrected chi connectivity index (χ3v) is 3.41. The summed E-state index contributed by atoms with van der Waals surface area (Å²) in [5, 5.41) is 0. The summed E-state index contributed by atoms with van der Waals surface area (Å²) in [5.74, 6) is 0.796. The molecule has 90 valence electrons. The third kappa shape index (κ3) is 2.96. The van der Waals surface area contributed by atoms with Crippen molar-refractivity contribution in [1.29, 1.82) is 0 Å². The Bertz CT molecular complexity index is 446. The zero-order valence-corrected chi connectivity index (χ0v) is 10.6. The molecule has 1 aromatic heterocycles. The summed E-state index contributed by atoms with van der Waals surface area (Å²) >= 11 is 0. The van der Waals surface area contributed by atoms with Gasteiger partial charge >= 0.3 is 0 Å². The lowest BCUT2D eigenvalue weighted by molar-refractivity contribution is 0.517. The molecule has 1 aromatic carbocycles. The summed E-state index contributed by atoms with van der Waals surface area (Å²) in [6.45, 7) is 4.57. The molecule has 0 fully saturated rings. The average Bonchev–Trinajstić information content (AvgIpc) is 2.90. The van der Waals surface area contributed by atoms with Crippen LogP contribution in [0, 0.1) is 5.92 Å². The van der Waals surface area contributed by atoms with Crippen LogP contribution in [0.2, 0.25) is 0 Å². The van der Waals surface area contributed by atoms with E-state index in [-0.39, 0.29) is 0 Å². The van der Waals surface area contributed by atoms with E-state index in [1.54, 1.807) is 6.33 Å². The van der Waals surface area contributed by atoms with E-state index in [0.29, 0.717) is 0 Å². The molecule has 0 aliphatic rings. The SMILES string of the molecule is CC[C@@H](C)CCc1ccccc1-c1cnc[nH]1. The van der Waals surface area contributed by atoms with Gasteiger partial charge in [-0.3, -0.25) is 0 Å². The number of aryl methyl sites for hydroxylation is 1. The van der Waals surface area contributed by atoms with Gasteiger partial charge in [-0.15, -0.1) is 0 Å². The predicted molar refractivity (Wildman–Crippen MR) is 71.8 cm³/mol. The van der Waals surface area contributed by atoms with Crippen LogP contribution in [0.25, 0.3) is 11.3 Å². The summed E-state index contributed by atoms with van der Waals surface area (Å²) in [6.07, 6.45) is 7.28. The molecule has 0 unspecified atom stereocenters. The van der Waals surface area contributed by atoms with Gasteiger partial charge in [0.25, 0.3) is 0 Å². The van der Waals surface area contributed by atoms with Crippen molar-refractivity contribution in [3.8, 4) is 11.3 Å². The van der Waals surface area contributed by atoms with Crippen molar-refractivity contribution >= 4 is 0 Å². The average molecular weight is 228 g/mol. The quantitative estimate of drug-likeness (QED) is 0.821. The number of aromatic nitrogens is 2. The summed E-state index contributed by atoms with van der Waals surface area (Å²) in [6, 6.07) is 8.59. The van der Waals surface area contributed by atoms with E-state index < -0.39 is 0 Å². The van der Waals surface area contributed by atoms with Gasteiger partial charge < -0.3 is 4.98 Å². The molecular formula is C15H20N2. The smallest absolute Gasteiger partial charge is 0.0924 e. The summed E-state index contributed by atoms with van der Waals surface area (Å²) in [4.78, 5) is 7.28. The molecule has 1 atom stereocenters. The number of H-pyrrole nitrogens is 1. The van der Waals surface area contributed by atoms with Crippen molar-refractivity contribution in [2.24, 2.45) is 5.92 Å². The second kappa shape index (κ2) is 5.67. The fourth-order valence-electron chi connectivity index (χ4n) is 2.01. The number of imidazole rings is 1. The van der Waals surface area contributed by atoms with Gasteiger partial charge in [0.15, 0.2) is 0 Å². The molecule has 2 rings (SSSR count). The number of hydrogen-bond acceptors (Lipinski definition) is 1. The van der Waals surface area contributed by atoms with E-state index in [0.717, 1.165) is 18.0 Å². The molecule has 0 spiro atoms. The molecule has 0 amide bonds. The van der Waals surface area contributed by atoms with Crippen LogP contribution < -0.4 is 0 Å². The van der Waals surface area contributed by atoms with E-state index in [4.69, 9.17) is 0 Å². The highest BCUT2D eigenvalue weighted by Gasteiger charge is 2.07. The zero-order valence-electron chi connectivity index (χ0n) is 10.6. The van der Waals surface area contributed by atoms with Crippen LogP contribution in [-0.4, -0.2) is 9.97 Å². The van der Waals surface area contributed by atoms with Crippen molar-refractivity contribution in [1.82, 2.24) is 9.97 Å². The molecule has 0 radical (unpaired) electrons. The number of aromatic amines is 1. The Morgan fingerprint density at radius 3 is 2.82 bits per heavy atom. The number of nitrogens with one attached hydrogen (secondary N) is 1. The van der Waals surface area contributed by atoms with Crippen molar-refractivity contribution in [2.75, 3.05) is 0 Å². The first kappa shape index (κ1) is 11.9. The first-order valence-corrected chi connectivity index (χ1v) is 6.38. The monoisotopic (exact) mass is 228 g/mol. The topological polar surface area (TPSA) is 28.7 Å². The Balaban J connectivity index is 2.17. The van der Waals surface area contributed by atoms with E-state index in [2.05, 4.69) is 48.1 Å². The third-order valence-electron chi connectivity index (χ3n) is 3.41. The molecule has 2 nitrogen and oxygen atoms in total. The van der Waals surface area contributed by atoms with Gasteiger partial charge in [-0.1, -0.05) is 44.5 Å². The highest BCUT2D eigenvalue weighted by Crippen LogP contribution is 2.23. The standard InChI is InChI=1S/C15H20N2/c1-3-12(2)8-9-13-6-4-5-7-14(13)15-10-16-11-17-15/h4-7,10-12H,3,8-9H2,1-2H3,(H,16,17)/t12-/m1/s1. The highest BCUT2D eigenvalue weighted by atomic mass is 14.9. The van der Waals surface area contributed by atoms with E-state index in [9.17, 15) is 0 Å². The summed E-state index contributed by atoms with van der Waals surface area (Å²) in [7, 11) is 0. The first-order valence-electron chi connectivity index (χ1n) is 6.38. The molecule has 0 aliphatic carbocycles. The van der Waals surface area contributed by atoms with Crippen LogP contribution in [-0.2, 0) is 6.42 Å². The van der Waals surface area contributed by atoms with E-state index in [1.165, 1.54) is 24.0 Å². The summed E-state index contributed by atoms with van der Waals surface area (Å²) in [5.41, 5.74) is 3.81. The molecule has 0 saturated carbocycles. The fourth-order valence-corrected chi connectivity index (χ4v) is 2.01. The van der Waals surface area contributed by atoms with Crippen molar-refractivity contribution in [3.63, 3.8) is 0 Å². The minimum Gasteiger partial charge on any atom is -0.345 e. The fraction of sp³-hybridized carbons (Fsp3) is 0.400. The van der Waals surface area contributed by atoms with Gasteiger partial charge in [0.1, 0.15) is 0 Å². The van der Waals surface area contributed by atoms with Crippen LogP contribution in [0.5, 0.6) is 0 Å².